The first-order valence-electron chi connectivity index (χ1n) is 7.93. The van der Waals surface area contributed by atoms with Gasteiger partial charge in [0.25, 0.3) is 0 Å². The highest BCUT2D eigenvalue weighted by Crippen LogP contribution is 2.36. The molecule has 0 spiro atoms. The predicted octanol–water partition coefficient (Wildman–Crippen LogP) is 4.23. The number of benzene rings is 1. The van der Waals surface area contributed by atoms with Crippen LogP contribution in [0.4, 0.5) is 13.2 Å². The molecule has 0 N–H and O–H groups in total. The summed E-state index contributed by atoms with van der Waals surface area (Å²) in [5.41, 5.74) is 0.180. The lowest BCUT2D eigenvalue weighted by Gasteiger charge is -2.26. The molecule has 25 heavy (non-hydrogen) atoms. The minimum absolute atomic E-state index is 0.154. The van der Waals surface area contributed by atoms with Gasteiger partial charge in [-0.3, -0.25) is 9.48 Å². The molecule has 3 rings (SSSR count). The van der Waals surface area contributed by atoms with E-state index in [1.54, 1.807) is 11.0 Å². The lowest BCUT2D eigenvalue weighted by molar-refractivity contribution is -0.142. The van der Waals surface area contributed by atoms with Gasteiger partial charge in [0.05, 0.1) is 6.04 Å². The van der Waals surface area contributed by atoms with Gasteiger partial charge < -0.3 is 4.90 Å². The summed E-state index contributed by atoms with van der Waals surface area (Å²) in [6.45, 7) is 1.84. The van der Waals surface area contributed by atoms with Crippen molar-refractivity contribution in [3.63, 3.8) is 0 Å². The zero-order chi connectivity index (χ0) is 18.2. The third kappa shape index (κ3) is 3.66. The zero-order valence-corrected chi connectivity index (χ0v) is 14.3. The molecule has 0 bridgehead atoms. The Morgan fingerprint density at radius 3 is 2.72 bits per heavy atom. The van der Waals surface area contributed by atoms with Crippen LogP contribution in [0.5, 0.6) is 0 Å². The van der Waals surface area contributed by atoms with Gasteiger partial charge in [-0.1, -0.05) is 29.8 Å². The van der Waals surface area contributed by atoms with Crippen molar-refractivity contribution in [1.29, 1.82) is 0 Å². The Kier molecular flexibility index (Phi) is 4.77. The average Bonchev–Trinajstić information content (AvgIpc) is 3.15. The molecule has 1 fully saturated rings. The lowest BCUT2D eigenvalue weighted by atomic mass is 10.0. The van der Waals surface area contributed by atoms with E-state index >= 15 is 0 Å². The van der Waals surface area contributed by atoms with Crippen molar-refractivity contribution in [3.8, 4) is 0 Å². The second-order valence-electron chi connectivity index (χ2n) is 6.09. The summed E-state index contributed by atoms with van der Waals surface area (Å²) in [6.07, 6.45) is -2.91. The van der Waals surface area contributed by atoms with Crippen molar-refractivity contribution in [1.82, 2.24) is 14.7 Å². The smallest absolute Gasteiger partial charge is 0.334 e. The number of rotatable bonds is 3. The van der Waals surface area contributed by atoms with Gasteiger partial charge in [0, 0.05) is 17.3 Å². The molecule has 134 valence electrons. The molecule has 4 nitrogen and oxygen atoms in total. The molecule has 0 radical (unpaired) electrons. The van der Waals surface area contributed by atoms with Gasteiger partial charge in [-0.2, -0.15) is 18.3 Å². The SMILES string of the molecule is Cc1cc(C(F)(F)F)nn1CC(=O)N1CCCC1c1ccccc1Cl. The van der Waals surface area contributed by atoms with Crippen molar-refractivity contribution >= 4 is 17.5 Å². The Bertz CT molecular complexity index is 788. The maximum absolute atomic E-state index is 12.8. The summed E-state index contributed by atoms with van der Waals surface area (Å²) in [5, 5.41) is 4.11. The normalized spacial score (nSPS) is 18.0. The largest absolute Gasteiger partial charge is 0.435 e. The number of likely N-dealkylation sites (tertiary alicyclic amines) is 1. The molecule has 0 aliphatic carbocycles. The quantitative estimate of drug-likeness (QED) is 0.810. The summed E-state index contributed by atoms with van der Waals surface area (Å²) in [6, 6.07) is 8.11. The van der Waals surface area contributed by atoms with Crippen molar-refractivity contribution in [2.24, 2.45) is 0 Å². The van der Waals surface area contributed by atoms with Crippen LogP contribution in [0.3, 0.4) is 0 Å². The van der Waals surface area contributed by atoms with Crippen LogP contribution in [-0.4, -0.2) is 27.1 Å². The fourth-order valence-electron chi connectivity index (χ4n) is 3.16. The summed E-state index contributed by atoms with van der Waals surface area (Å²) in [7, 11) is 0. The van der Waals surface area contributed by atoms with E-state index in [2.05, 4.69) is 5.10 Å². The lowest BCUT2D eigenvalue weighted by Crippen LogP contribution is -2.34. The van der Waals surface area contributed by atoms with E-state index in [0.717, 1.165) is 29.2 Å². The van der Waals surface area contributed by atoms with Crippen LogP contribution < -0.4 is 0 Å². The number of halogens is 4. The topological polar surface area (TPSA) is 38.1 Å². The molecule has 1 saturated heterocycles. The van der Waals surface area contributed by atoms with E-state index < -0.39 is 11.9 Å². The number of carbonyl (C=O) groups excluding carboxylic acids is 1. The number of aryl methyl sites for hydroxylation is 1. The number of hydrogen-bond donors (Lipinski definition) is 0. The summed E-state index contributed by atoms with van der Waals surface area (Å²) in [4.78, 5) is 14.3. The number of carbonyl (C=O) groups is 1. The number of alkyl halides is 3. The fraction of sp³-hybridized carbons (Fsp3) is 0.412. The van der Waals surface area contributed by atoms with Gasteiger partial charge in [0.15, 0.2) is 5.69 Å². The van der Waals surface area contributed by atoms with Gasteiger partial charge in [0.1, 0.15) is 6.54 Å². The molecule has 1 aliphatic heterocycles. The number of nitrogens with zero attached hydrogens (tertiary/aromatic N) is 3. The molecule has 8 heteroatoms. The van der Waals surface area contributed by atoms with Crippen molar-refractivity contribution < 1.29 is 18.0 Å². The van der Waals surface area contributed by atoms with Gasteiger partial charge in [-0.05, 0) is 37.5 Å². The third-order valence-corrected chi connectivity index (χ3v) is 4.74. The molecule has 1 aromatic heterocycles. The minimum atomic E-state index is -4.52. The number of aromatic nitrogens is 2. The molecule has 1 aliphatic rings. The highest BCUT2D eigenvalue weighted by Gasteiger charge is 2.35. The van der Waals surface area contributed by atoms with Crippen LogP contribution in [0, 0.1) is 6.92 Å². The van der Waals surface area contributed by atoms with Crippen molar-refractivity contribution in [2.45, 2.75) is 38.5 Å². The summed E-state index contributed by atoms with van der Waals surface area (Å²) < 4.78 is 39.4. The maximum Gasteiger partial charge on any atom is 0.435 e. The third-order valence-electron chi connectivity index (χ3n) is 4.39. The standard InChI is InChI=1S/C17H17ClF3N3O/c1-11-9-15(17(19,20)21)22-24(11)10-16(25)23-8-4-7-14(23)12-5-2-3-6-13(12)18/h2-3,5-6,9,14H,4,7-8,10H2,1H3. The first-order chi connectivity index (χ1) is 11.8. The molecule has 2 aromatic rings. The molecule has 2 heterocycles. The number of amides is 1. The van der Waals surface area contributed by atoms with Crippen molar-refractivity contribution in [2.75, 3.05) is 6.54 Å². The van der Waals surface area contributed by atoms with Gasteiger partial charge >= 0.3 is 6.18 Å². The van der Waals surface area contributed by atoms with Gasteiger partial charge in [-0.15, -0.1) is 0 Å². The monoisotopic (exact) mass is 371 g/mol. The molecule has 1 atom stereocenters. The van der Waals surface area contributed by atoms with E-state index in [9.17, 15) is 18.0 Å². The van der Waals surface area contributed by atoms with Gasteiger partial charge in [0.2, 0.25) is 5.91 Å². The molecular formula is C17H17ClF3N3O. The highest BCUT2D eigenvalue weighted by atomic mass is 35.5. The second kappa shape index (κ2) is 6.71. The molecule has 1 unspecified atom stereocenters. The first kappa shape index (κ1) is 17.8. The Morgan fingerprint density at radius 2 is 2.08 bits per heavy atom. The van der Waals surface area contributed by atoms with Crippen LogP contribution in [0.1, 0.15) is 35.8 Å². The average molecular weight is 372 g/mol. The van der Waals surface area contributed by atoms with Gasteiger partial charge in [-0.25, -0.2) is 0 Å². The molecule has 1 aromatic carbocycles. The van der Waals surface area contributed by atoms with Crippen LogP contribution >= 0.6 is 11.6 Å². The Morgan fingerprint density at radius 1 is 1.36 bits per heavy atom. The van der Waals surface area contributed by atoms with Crippen LogP contribution in [-0.2, 0) is 17.5 Å². The second-order valence-corrected chi connectivity index (χ2v) is 6.50. The first-order valence-corrected chi connectivity index (χ1v) is 8.30. The van der Waals surface area contributed by atoms with Crippen molar-refractivity contribution in [3.05, 3.63) is 52.3 Å². The Hall–Kier alpha value is -2.02. The summed E-state index contributed by atoms with van der Waals surface area (Å²) >= 11 is 6.23. The van der Waals surface area contributed by atoms with Crippen LogP contribution in [0.15, 0.2) is 30.3 Å². The minimum Gasteiger partial charge on any atom is -0.334 e. The van der Waals surface area contributed by atoms with E-state index in [1.165, 1.54) is 6.92 Å². The zero-order valence-electron chi connectivity index (χ0n) is 13.6. The summed E-state index contributed by atoms with van der Waals surface area (Å²) in [5.74, 6) is -0.262. The van der Waals surface area contributed by atoms with E-state index in [1.807, 2.05) is 18.2 Å². The fourth-order valence-corrected chi connectivity index (χ4v) is 3.42. The highest BCUT2D eigenvalue weighted by molar-refractivity contribution is 6.31. The maximum atomic E-state index is 12.8. The van der Waals surface area contributed by atoms with E-state index in [4.69, 9.17) is 11.6 Å². The number of hydrogen-bond acceptors (Lipinski definition) is 2. The Balaban J connectivity index is 1.79. The molecular weight excluding hydrogens is 355 g/mol. The Labute approximate surface area is 148 Å². The molecule has 1 amide bonds. The predicted molar refractivity (Wildman–Crippen MR) is 87.1 cm³/mol. The van der Waals surface area contributed by atoms with Crippen LogP contribution in [0.2, 0.25) is 5.02 Å². The van der Waals surface area contributed by atoms with Crippen LogP contribution in [0.25, 0.3) is 0 Å². The van der Waals surface area contributed by atoms with E-state index in [-0.39, 0.29) is 18.5 Å². The van der Waals surface area contributed by atoms with E-state index in [0.29, 0.717) is 17.3 Å². The molecule has 0 saturated carbocycles.